The molecule has 0 heterocycles. The molecule has 1 nitrogen and oxygen atoms in total. The Bertz CT molecular complexity index is 405. The van der Waals surface area contributed by atoms with Crippen LogP contribution < -0.4 is 0 Å². The summed E-state index contributed by atoms with van der Waals surface area (Å²) in [5.41, 5.74) is 1.31. The second-order valence-corrected chi connectivity index (χ2v) is 4.85. The summed E-state index contributed by atoms with van der Waals surface area (Å²) in [5, 5.41) is 0. The molecule has 0 atom stereocenters. The Labute approximate surface area is 102 Å². The minimum atomic E-state index is -0.347. The number of halogens is 1. The fourth-order valence-corrected chi connectivity index (χ4v) is 2.64. The van der Waals surface area contributed by atoms with Gasteiger partial charge in [0.2, 0.25) is 0 Å². The average molecular weight is 234 g/mol. The summed E-state index contributed by atoms with van der Waals surface area (Å²) in [4.78, 5) is 11.5. The lowest BCUT2D eigenvalue weighted by atomic mass is 9.83. The molecule has 0 amide bonds. The molecule has 1 saturated carbocycles. The Balaban J connectivity index is 2.20. The highest BCUT2D eigenvalue weighted by atomic mass is 19.1. The Morgan fingerprint density at radius 1 is 1.29 bits per heavy atom. The van der Waals surface area contributed by atoms with Crippen LogP contribution in [0.3, 0.4) is 0 Å². The smallest absolute Gasteiger partial charge is 0.165 e. The van der Waals surface area contributed by atoms with Crippen LogP contribution in [0.2, 0.25) is 0 Å². The maximum atomic E-state index is 13.8. The summed E-state index contributed by atoms with van der Waals surface area (Å²) in [6, 6.07) is 5.16. The Morgan fingerprint density at radius 3 is 2.59 bits per heavy atom. The van der Waals surface area contributed by atoms with Crippen molar-refractivity contribution in [1.29, 1.82) is 0 Å². The van der Waals surface area contributed by atoms with Crippen LogP contribution in [0, 0.1) is 5.82 Å². The van der Waals surface area contributed by atoms with E-state index in [1.807, 2.05) is 6.07 Å². The van der Waals surface area contributed by atoms with E-state index in [0.29, 0.717) is 12.3 Å². The van der Waals surface area contributed by atoms with Crippen molar-refractivity contribution in [2.45, 2.75) is 51.4 Å². The van der Waals surface area contributed by atoms with Crippen LogP contribution in [-0.4, -0.2) is 5.78 Å². The lowest BCUT2D eigenvalue weighted by molar-refractivity contribution is 0.0984. The van der Waals surface area contributed by atoms with Crippen molar-refractivity contribution in [3.05, 3.63) is 35.1 Å². The molecule has 0 spiro atoms. The molecule has 1 aromatic rings. The predicted octanol–water partition coefficient (Wildman–Crippen LogP) is 4.47. The third-order valence-electron chi connectivity index (χ3n) is 3.69. The first-order valence-corrected chi connectivity index (χ1v) is 6.55. The van der Waals surface area contributed by atoms with Crippen LogP contribution in [0.4, 0.5) is 4.39 Å². The number of carbonyl (C=O) groups excluding carboxylic acids is 1. The highest BCUT2D eigenvalue weighted by molar-refractivity contribution is 5.96. The van der Waals surface area contributed by atoms with Gasteiger partial charge in [-0.1, -0.05) is 32.3 Å². The summed E-state index contributed by atoms with van der Waals surface area (Å²) < 4.78 is 13.8. The number of hydrogen-bond acceptors (Lipinski definition) is 1. The van der Waals surface area contributed by atoms with Crippen LogP contribution in [0.1, 0.15) is 67.3 Å². The van der Waals surface area contributed by atoms with Gasteiger partial charge in [-0.25, -0.2) is 4.39 Å². The van der Waals surface area contributed by atoms with E-state index in [9.17, 15) is 9.18 Å². The molecule has 1 aliphatic carbocycles. The van der Waals surface area contributed by atoms with E-state index in [-0.39, 0.29) is 17.2 Å². The molecular formula is C15H19FO. The van der Waals surface area contributed by atoms with E-state index in [0.717, 1.165) is 18.4 Å². The maximum absolute atomic E-state index is 13.8. The molecular weight excluding hydrogens is 215 g/mol. The van der Waals surface area contributed by atoms with Crippen LogP contribution in [-0.2, 0) is 0 Å². The molecule has 0 aromatic heterocycles. The Hall–Kier alpha value is -1.18. The number of carbonyl (C=O) groups is 1. The Kier molecular flexibility index (Phi) is 3.93. The number of rotatable bonds is 3. The number of ketones is 1. The molecule has 0 bridgehead atoms. The van der Waals surface area contributed by atoms with E-state index < -0.39 is 0 Å². The van der Waals surface area contributed by atoms with E-state index in [1.165, 1.54) is 19.3 Å². The van der Waals surface area contributed by atoms with Gasteiger partial charge in [-0.2, -0.15) is 0 Å². The second kappa shape index (κ2) is 5.44. The molecule has 0 radical (unpaired) electrons. The molecule has 0 N–H and O–H groups in total. The molecule has 0 saturated heterocycles. The first-order valence-electron chi connectivity index (χ1n) is 6.55. The molecule has 1 fully saturated rings. The van der Waals surface area contributed by atoms with E-state index in [4.69, 9.17) is 0 Å². The van der Waals surface area contributed by atoms with Crippen molar-refractivity contribution in [1.82, 2.24) is 0 Å². The van der Waals surface area contributed by atoms with E-state index in [2.05, 4.69) is 0 Å². The molecule has 92 valence electrons. The number of benzene rings is 1. The van der Waals surface area contributed by atoms with Gasteiger partial charge < -0.3 is 0 Å². The normalized spacial score (nSPS) is 17.1. The lowest BCUT2D eigenvalue weighted by Gasteiger charge is -2.22. The quantitative estimate of drug-likeness (QED) is 0.705. The van der Waals surface area contributed by atoms with Gasteiger partial charge in [0.25, 0.3) is 0 Å². The fraction of sp³-hybridized carbons (Fsp3) is 0.533. The summed E-state index contributed by atoms with van der Waals surface area (Å²) >= 11 is 0. The first-order chi connectivity index (χ1) is 8.22. The van der Waals surface area contributed by atoms with Gasteiger partial charge in [-0.05, 0) is 36.5 Å². The molecule has 0 aliphatic heterocycles. The van der Waals surface area contributed by atoms with Crippen molar-refractivity contribution in [3.8, 4) is 0 Å². The zero-order valence-corrected chi connectivity index (χ0v) is 10.3. The van der Waals surface area contributed by atoms with Crippen molar-refractivity contribution < 1.29 is 9.18 Å². The third-order valence-corrected chi connectivity index (χ3v) is 3.69. The van der Waals surface area contributed by atoms with Gasteiger partial charge in [0.1, 0.15) is 5.82 Å². The van der Waals surface area contributed by atoms with E-state index in [1.54, 1.807) is 19.1 Å². The van der Waals surface area contributed by atoms with Crippen molar-refractivity contribution in [2.24, 2.45) is 0 Å². The lowest BCUT2D eigenvalue weighted by Crippen LogP contribution is -2.07. The fourth-order valence-electron chi connectivity index (χ4n) is 2.64. The zero-order valence-electron chi connectivity index (χ0n) is 10.3. The van der Waals surface area contributed by atoms with Crippen LogP contribution in [0.15, 0.2) is 18.2 Å². The largest absolute Gasteiger partial charge is 0.294 e. The van der Waals surface area contributed by atoms with Gasteiger partial charge in [-0.3, -0.25) is 4.79 Å². The summed E-state index contributed by atoms with van der Waals surface area (Å²) in [6.45, 7) is 1.76. The van der Waals surface area contributed by atoms with Crippen LogP contribution in [0.5, 0.6) is 0 Å². The second-order valence-electron chi connectivity index (χ2n) is 4.85. The minimum absolute atomic E-state index is 0.113. The highest BCUT2D eigenvalue weighted by Gasteiger charge is 2.18. The standard InChI is InChI=1S/C15H19FO/c1-2-15(17)13-9-8-12(10-14(13)16)11-6-4-3-5-7-11/h8-11H,2-7H2,1H3. The van der Waals surface area contributed by atoms with Gasteiger partial charge in [-0.15, -0.1) is 0 Å². The van der Waals surface area contributed by atoms with Crippen LogP contribution >= 0.6 is 0 Å². The molecule has 2 rings (SSSR count). The summed E-state index contributed by atoms with van der Waals surface area (Å²) in [7, 11) is 0. The van der Waals surface area contributed by atoms with Crippen molar-refractivity contribution in [3.63, 3.8) is 0 Å². The van der Waals surface area contributed by atoms with E-state index >= 15 is 0 Å². The molecule has 17 heavy (non-hydrogen) atoms. The SMILES string of the molecule is CCC(=O)c1ccc(C2CCCCC2)cc1F. The topological polar surface area (TPSA) is 17.1 Å². The monoisotopic (exact) mass is 234 g/mol. The zero-order chi connectivity index (χ0) is 12.3. The van der Waals surface area contributed by atoms with Gasteiger partial charge in [0, 0.05) is 6.42 Å². The third kappa shape index (κ3) is 2.74. The maximum Gasteiger partial charge on any atom is 0.165 e. The highest BCUT2D eigenvalue weighted by Crippen LogP contribution is 2.33. The Morgan fingerprint density at radius 2 is 2.00 bits per heavy atom. The van der Waals surface area contributed by atoms with Gasteiger partial charge in [0.05, 0.1) is 5.56 Å². The van der Waals surface area contributed by atoms with Gasteiger partial charge in [0.15, 0.2) is 5.78 Å². The summed E-state index contributed by atoms with van der Waals surface area (Å²) in [5.74, 6) is 0.0293. The van der Waals surface area contributed by atoms with Crippen molar-refractivity contribution in [2.75, 3.05) is 0 Å². The van der Waals surface area contributed by atoms with Gasteiger partial charge >= 0.3 is 0 Å². The molecule has 2 heteroatoms. The first kappa shape index (κ1) is 12.3. The summed E-state index contributed by atoms with van der Waals surface area (Å²) in [6.07, 6.45) is 6.44. The number of Topliss-reactive ketones (excluding diaryl/α,β-unsaturated/α-hetero) is 1. The molecule has 0 unspecified atom stereocenters. The predicted molar refractivity (Wildman–Crippen MR) is 66.8 cm³/mol. The molecule has 1 aromatic carbocycles. The number of hydrogen-bond donors (Lipinski definition) is 0. The van der Waals surface area contributed by atoms with Crippen molar-refractivity contribution >= 4 is 5.78 Å². The van der Waals surface area contributed by atoms with Crippen LogP contribution in [0.25, 0.3) is 0 Å². The minimum Gasteiger partial charge on any atom is -0.294 e. The molecule has 1 aliphatic rings. The average Bonchev–Trinajstić information content (AvgIpc) is 2.39.